The fourth-order valence-corrected chi connectivity index (χ4v) is 2.47. The maximum atomic E-state index is 12.2. The van der Waals surface area contributed by atoms with Crippen LogP contribution in [0.25, 0.3) is 0 Å². The van der Waals surface area contributed by atoms with Crippen molar-refractivity contribution in [3.8, 4) is 0 Å². The number of aromatic nitrogens is 1. The number of nitrogens with zero attached hydrogens (tertiary/aromatic N) is 1. The summed E-state index contributed by atoms with van der Waals surface area (Å²) in [6.45, 7) is 4.05. The lowest BCUT2D eigenvalue weighted by Crippen LogP contribution is -2.34. The Kier molecular flexibility index (Phi) is 3.90. The van der Waals surface area contributed by atoms with Crippen molar-refractivity contribution in [1.82, 2.24) is 9.88 Å². The summed E-state index contributed by atoms with van der Waals surface area (Å²) in [5.41, 5.74) is 3.17. The van der Waals surface area contributed by atoms with Crippen molar-refractivity contribution in [3.63, 3.8) is 0 Å². The second kappa shape index (κ2) is 5.42. The van der Waals surface area contributed by atoms with Gasteiger partial charge >= 0.3 is 0 Å². The molecule has 1 aliphatic carbocycles. The van der Waals surface area contributed by atoms with Gasteiger partial charge in [-0.1, -0.05) is 11.6 Å². The van der Waals surface area contributed by atoms with Crippen molar-refractivity contribution in [2.75, 3.05) is 0 Å². The van der Waals surface area contributed by atoms with Gasteiger partial charge in [-0.3, -0.25) is 4.79 Å². The van der Waals surface area contributed by atoms with Gasteiger partial charge in [-0.25, -0.2) is 0 Å². The zero-order valence-corrected chi connectivity index (χ0v) is 11.5. The van der Waals surface area contributed by atoms with E-state index < -0.39 is 0 Å². The molecule has 0 spiro atoms. The molecule has 18 heavy (non-hydrogen) atoms. The minimum atomic E-state index is 0.0343. The number of hydrogen-bond donors (Lipinski definition) is 1. The van der Waals surface area contributed by atoms with Crippen molar-refractivity contribution in [3.05, 3.63) is 35.2 Å². The summed E-state index contributed by atoms with van der Waals surface area (Å²) >= 11 is 0. The molecule has 0 saturated carbocycles. The van der Waals surface area contributed by atoms with Crippen LogP contribution in [0.4, 0.5) is 0 Å². The highest BCUT2D eigenvalue weighted by Gasteiger charge is 2.17. The predicted molar refractivity (Wildman–Crippen MR) is 73.6 cm³/mol. The number of aryl methyl sites for hydroxylation is 1. The van der Waals surface area contributed by atoms with E-state index in [-0.39, 0.29) is 11.9 Å². The Bertz CT molecular complexity index is 471. The van der Waals surface area contributed by atoms with E-state index in [0.717, 1.165) is 24.1 Å². The Morgan fingerprint density at radius 3 is 2.78 bits per heavy atom. The average molecular weight is 246 g/mol. The minimum absolute atomic E-state index is 0.0343. The molecule has 2 rings (SSSR count). The molecule has 0 saturated heterocycles. The summed E-state index contributed by atoms with van der Waals surface area (Å²) in [6.07, 6.45) is 9.01. The second-order valence-electron chi connectivity index (χ2n) is 5.15. The number of carbonyl (C=O) groups is 1. The van der Waals surface area contributed by atoms with Crippen LogP contribution in [0.5, 0.6) is 0 Å². The Morgan fingerprint density at radius 2 is 2.22 bits per heavy atom. The van der Waals surface area contributed by atoms with E-state index in [4.69, 9.17) is 0 Å². The van der Waals surface area contributed by atoms with Crippen LogP contribution in [0.15, 0.2) is 23.9 Å². The third-order valence-electron chi connectivity index (χ3n) is 3.86. The van der Waals surface area contributed by atoms with Crippen molar-refractivity contribution in [1.29, 1.82) is 0 Å². The van der Waals surface area contributed by atoms with E-state index in [1.54, 1.807) is 0 Å². The molecule has 0 aliphatic heterocycles. The number of allylic oxidation sites excluding steroid dienone is 1. The Morgan fingerprint density at radius 1 is 1.44 bits per heavy atom. The van der Waals surface area contributed by atoms with Gasteiger partial charge in [0.2, 0.25) is 0 Å². The molecule has 3 nitrogen and oxygen atoms in total. The number of nitrogens with one attached hydrogen (secondary N) is 1. The van der Waals surface area contributed by atoms with Crippen molar-refractivity contribution in [2.45, 2.75) is 45.6 Å². The molecule has 1 heterocycles. The van der Waals surface area contributed by atoms with Gasteiger partial charge in [0.25, 0.3) is 5.91 Å². The molecular weight excluding hydrogens is 224 g/mol. The molecule has 0 aromatic carbocycles. The van der Waals surface area contributed by atoms with Crippen molar-refractivity contribution in [2.24, 2.45) is 7.05 Å². The fourth-order valence-electron chi connectivity index (χ4n) is 2.47. The van der Waals surface area contributed by atoms with Gasteiger partial charge in [0.1, 0.15) is 0 Å². The Hall–Kier alpha value is -1.51. The van der Waals surface area contributed by atoms with Gasteiger partial charge in [-0.2, -0.15) is 0 Å². The third kappa shape index (κ3) is 2.66. The Labute approximate surface area is 109 Å². The summed E-state index contributed by atoms with van der Waals surface area (Å²) < 4.78 is 1.97. The third-order valence-corrected chi connectivity index (χ3v) is 3.86. The molecule has 0 fully saturated rings. The molecule has 1 N–H and O–H groups in total. The zero-order chi connectivity index (χ0) is 13.1. The molecule has 0 radical (unpaired) electrons. The molecular formula is C15H22N2O. The van der Waals surface area contributed by atoms with E-state index in [9.17, 15) is 4.79 Å². The monoisotopic (exact) mass is 246 g/mol. The summed E-state index contributed by atoms with van der Waals surface area (Å²) in [5.74, 6) is 0.0343. The summed E-state index contributed by atoms with van der Waals surface area (Å²) in [4.78, 5) is 12.2. The normalized spacial score (nSPS) is 17.2. The van der Waals surface area contributed by atoms with Crippen LogP contribution in [0.1, 0.15) is 48.7 Å². The van der Waals surface area contributed by atoms with Gasteiger partial charge in [0, 0.05) is 25.0 Å². The van der Waals surface area contributed by atoms with E-state index in [1.165, 1.54) is 18.4 Å². The van der Waals surface area contributed by atoms with Gasteiger partial charge < -0.3 is 9.88 Å². The number of carbonyl (C=O) groups excluding carboxylic acids is 1. The first-order chi connectivity index (χ1) is 8.59. The van der Waals surface area contributed by atoms with Crippen molar-refractivity contribution < 1.29 is 4.79 Å². The molecule has 3 heteroatoms. The van der Waals surface area contributed by atoms with Crippen LogP contribution in [-0.4, -0.2) is 16.5 Å². The van der Waals surface area contributed by atoms with E-state index >= 15 is 0 Å². The first kappa shape index (κ1) is 12.9. The zero-order valence-electron chi connectivity index (χ0n) is 11.5. The number of rotatable bonds is 3. The maximum absolute atomic E-state index is 12.2. The summed E-state index contributed by atoms with van der Waals surface area (Å²) in [7, 11) is 1.96. The molecule has 98 valence electrons. The average Bonchev–Trinajstić information content (AvgIpc) is 2.71. The lowest BCUT2D eigenvalue weighted by molar-refractivity contribution is 0.0944. The molecule has 1 atom stereocenters. The smallest absolute Gasteiger partial charge is 0.253 e. The van der Waals surface area contributed by atoms with E-state index in [0.29, 0.717) is 0 Å². The van der Waals surface area contributed by atoms with Crippen LogP contribution in [0.2, 0.25) is 0 Å². The fraction of sp³-hybridized carbons (Fsp3) is 0.533. The molecule has 1 unspecified atom stereocenters. The minimum Gasteiger partial charge on any atom is -0.354 e. The van der Waals surface area contributed by atoms with Crippen LogP contribution < -0.4 is 5.32 Å². The van der Waals surface area contributed by atoms with Crippen LogP contribution in [0, 0.1) is 6.92 Å². The van der Waals surface area contributed by atoms with Gasteiger partial charge in [0.15, 0.2) is 0 Å². The SMILES string of the molecule is Cc1c(C(=O)NC(C)C2=CCCCC2)ccn1C. The summed E-state index contributed by atoms with van der Waals surface area (Å²) in [6, 6.07) is 2.03. The quantitative estimate of drug-likeness (QED) is 0.817. The van der Waals surface area contributed by atoms with E-state index in [2.05, 4.69) is 18.3 Å². The number of amides is 1. The van der Waals surface area contributed by atoms with Gasteiger partial charge in [-0.05, 0) is 45.6 Å². The van der Waals surface area contributed by atoms with E-state index in [1.807, 2.05) is 30.8 Å². The van der Waals surface area contributed by atoms with Gasteiger partial charge in [-0.15, -0.1) is 0 Å². The van der Waals surface area contributed by atoms with Crippen LogP contribution in [-0.2, 0) is 7.05 Å². The topological polar surface area (TPSA) is 34.0 Å². The predicted octanol–water partition coefficient (Wildman–Crippen LogP) is 2.95. The molecule has 1 aliphatic rings. The van der Waals surface area contributed by atoms with Crippen LogP contribution >= 0.6 is 0 Å². The van der Waals surface area contributed by atoms with Crippen molar-refractivity contribution >= 4 is 5.91 Å². The maximum Gasteiger partial charge on any atom is 0.253 e. The number of hydrogen-bond acceptors (Lipinski definition) is 1. The largest absolute Gasteiger partial charge is 0.354 e. The lowest BCUT2D eigenvalue weighted by Gasteiger charge is -2.20. The highest BCUT2D eigenvalue weighted by atomic mass is 16.1. The standard InChI is InChI=1S/C15H22N2O/c1-11(13-7-5-4-6-8-13)16-15(18)14-9-10-17(3)12(14)2/h7,9-11H,4-6,8H2,1-3H3,(H,16,18). The molecule has 1 aromatic rings. The summed E-state index contributed by atoms with van der Waals surface area (Å²) in [5, 5.41) is 3.10. The van der Waals surface area contributed by atoms with Gasteiger partial charge in [0.05, 0.1) is 5.56 Å². The highest BCUT2D eigenvalue weighted by Crippen LogP contribution is 2.20. The molecule has 1 amide bonds. The highest BCUT2D eigenvalue weighted by molar-refractivity contribution is 5.95. The first-order valence-electron chi connectivity index (χ1n) is 6.71. The Balaban J connectivity index is 2.03. The first-order valence-corrected chi connectivity index (χ1v) is 6.71. The molecule has 1 aromatic heterocycles. The molecule has 0 bridgehead atoms. The van der Waals surface area contributed by atoms with Crippen LogP contribution in [0.3, 0.4) is 0 Å². The second-order valence-corrected chi connectivity index (χ2v) is 5.15. The lowest BCUT2D eigenvalue weighted by atomic mass is 9.94.